The van der Waals surface area contributed by atoms with Crippen LogP contribution in [0.2, 0.25) is 0 Å². The van der Waals surface area contributed by atoms with Crippen LogP contribution in [0.1, 0.15) is 27.7 Å². The van der Waals surface area contributed by atoms with E-state index in [1.165, 1.54) is 0 Å². The molecule has 0 fully saturated rings. The number of halogens is 2. The molecule has 0 radical (unpaired) electrons. The summed E-state index contributed by atoms with van der Waals surface area (Å²) in [6.07, 6.45) is 0. The Morgan fingerprint density at radius 1 is 1.11 bits per heavy atom. The Hall–Kier alpha value is -0.140. The molecule has 0 amide bonds. The largest absolute Gasteiger partial charge is 0.248 e. The Morgan fingerprint density at radius 2 is 1.44 bits per heavy atom. The minimum atomic E-state index is -2.52. The summed E-state index contributed by atoms with van der Waals surface area (Å²) in [4.78, 5) is 0. The van der Waals surface area contributed by atoms with Crippen molar-refractivity contribution >= 4 is 0 Å². The van der Waals surface area contributed by atoms with Gasteiger partial charge in [0.1, 0.15) is 0 Å². The van der Waals surface area contributed by atoms with Gasteiger partial charge in [-0.1, -0.05) is 20.8 Å². The molecule has 0 saturated carbocycles. The van der Waals surface area contributed by atoms with Crippen molar-refractivity contribution in [1.29, 1.82) is 0 Å². The van der Waals surface area contributed by atoms with E-state index in [4.69, 9.17) is 0 Å². The smallest absolute Gasteiger partial charge is 0.207 e. The normalized spacial score (nSPS) is 16.3. The predicted molar refractivity (Wildman–Crippen MR) is 34.6 cm³/mol. The van der Waals surface area contributed by atoms with Crippen LogP contribution in [-0.4, -0.2) is 5.92 Å². The van der Waals surface area contributed by atoms with Gasteiger partial charge >= 0.3 is 0 Å². The van der Waals surface area contributed by atoms with Crippen LogP contribution in [0, 0.1) is 11.8 Å². The number of hydrogen-bond donors (Lipinski definition) is 0. The molecule has 0 rings (SSSR count). The van der Waals surface area contributed by atoms with E-state index in [2.05, 4.69) is 0 Å². The van der Waals surface area contributed by atoms with Crippen molar-refractivity contribution in [2.75, 3.05) is 0 Å². The Kier molecular flexibility index (Phi) is 2.59. The fourth-order valence-electron chi connectivity index (χ4n) is 0.585. The average molecular weight is 136 g/mol. The third-order valence-corrected chi connectivity index (χ3v) is 1.80. The molecular formula is C7H14F2. The summed E-state index contributed by atoms with van der Waals surface area (Å²) < 4.78 is 24.7. The van der Waals surface area contributed by atoms with Crippen LogP contribution in [0.25, 0.3) is 0 Å². The highest BCUT2D eigenvalue weighted by Crippen LogP contribution is 2.28. The maximum atomic E-state index is 12.4. The van der Waals surface area contributed by atoms with Gasteiger partial charge in [0.25, 0.3) is 0 Å². The molecule has 0 aromatic rings. The van der Waals surface area contributed by atoms with Gasteiger partial charge in [-0.15, -0.1) is 0 Å². The highest BCUT2D eigenvalue weighted by Gasteiger charge is 2.31. The van der Waals surface area contributed by atoms with Gasteiger partial charge in [0, 0.05) is 5.92 Å². The zero-order chi connectivity index (χ0) is 7.65. The van der Waals surface area contributed by atoms with Crippen molar-refractivity contribution in [1.82, 2.24) is 0 Å². The molecule has 0 unspecified atom stereocenters. The van der Waals surface area contributed by atoms with E-state index in [0.29, 0.717) is 0 Å². The van der Waals surface area contributed by atoms with Crippen LogP contribution in [0.4, 0.5) is 8.78 Å². The van der Waals surface area contributed by atoms with Gasteiger partial charge < -0.3 is 0 Å². The van der Waals surface area contributed by atoms with E-state index in [1.54, 1.807) is 6.92 Å². The van der Waals surface area contributed by atoms with Gasteiger partial charge in [0.2, 0.25) is 5.92 Å². The maximum Gasteiger partial charge on any atom is 0.248 e. The molecular weight excluding hydrogens is 122 g/mol. The van der Waals surface area contributed by atoms with Gasteiger partial charge in [0.05, 0.1) is 0 Å². The standard InChI is InChI=1S/C7H14F2/c1-5(2)6(3)7(4,8)9/h5-6H,1-4H3/t6-/m0/s1. The Morgan fingerprint density at radius 3 is 1.44 bits per heavy atom. The topological polar surface area (TPSA) is 0 Å². The summed E-state index contributed by atoms with van der Waals surface area (Å²) in [6.45, 7) is 6.16. The first-order chi connectivity index (χ1) is 3.85. The maximum absolute atomic E-state index is 12.4. The molecule has 0 aliphatic heterocycles. The van der Waals surface area contributed by atoms with Crippen LogP contribution in [0.5, 0.6) is 0 Å². The van der Waals surface area contributed by atoms with Crippen LogP contribution < -0.4 is 0 Å². The predicted octanol–water partition coefficient (Wildman–Crippen LogP) is 2.93. The molecule has 0 nitrogen and oxygen atoms in total. The summed E-state index contributed by atoms with van der Waals surface area (Å²) >= 11 is 0. The summed E-state index contributed by atoms with van der Waals surface area (Å²) in [5, 5.41) is 0. The summed E-state index contributed by atoms with van der Waals surface area (Å²) in [5.74, 6) is -2.98. The molecule has 0 heterocycles. The monoisotopic (exact) mass is 136 g/mol. The van der Waals surface area contributed by atoms with Crippen LogP contribution in [-0.2, 0) is 0 Å². The van der Waals surface area contributed by atoms with E-state index in [-0.39, 0.29) is 5.92 Å². The van der Waals surface area contributed by atoms with E-state index in [0.717, 1.165) is 6.92 Å². The molecule has 0 saturated heterocycles. The van der Waals surface area contributed by atoms with Crippen LogP contribution in [0.3, 0.4) is 0 Å². The van der Waals surface area contributed by atoms with E-state index in [9.17, 15) is 8.78 Å². The Labute approximate surface area is 55.3 Å². The van der Waals surface area contributed by atoms with Gasteiger partial charge in [0.15, 0.2) is 0 Å². The molecule has 1 atom stereocenters. The van der Waals surface area contributed by atoms with Crippen molar-refractivity contribution < 1.29 is 8.78 Å². The van der Waals surface area contributed by atoms with Crippen molar-refractivity contribution in [2.24, 2.45) is 11.8 Å². The first-order valence-electron chi connectivity index (χ1n) is 3.23. The molecule has 0 N–H and O–H groups in total. The molecule has 0 aliphatic rings. The highest BCUT2D eigenvalue weighted by atomic mass is 19.3. The average Bonchev–Trinajstić information content (AvgIpc) is 1.62. The lowest BCUT2D eigenvalue weighted by Gasteiger charge is -2.22. The van der Waals surface area contributed by atoms with Crippen molar-refractivity contribution in [3.63, 3.8) is 0 Å². The second-order valence-corrected chi connectivity index (χ2v) is 2.99. The number of hydrogen-bond acceptors (Lipinski definition) is 0. The third kappa shape index (κ3) is 2.78. The molecule has 2 heteroatoms. The van der Waals surface area contributed by atoms with Crippen LogP contribution in [0.15, 0.2) is 0 Å². The number of rotatable bonds is 2. The van der Waals surface area contributed by atoms with Gasteiger partial charge in [-0.2, -0.15) is 0 Å². The fraction of sp³-hybridized carbons (Fsp3) is 1.00. The first-order valence-corrected chi connectivity index (χ1v) is 3.23. The molecule has 56 valence electrons. The van der Waals surface area contributed by atoms with E-state index in [1.807, 2.05) is 13.8 Å². The fourth-order valence-corrected chi connectivity index (χ4v) is 0.585. The van der Waals surface area contributed by atoms with E-state index >= 15 is 0 Å². The number of alkyl halides is 2. The van der Waals surface area contributed by atoms with Gasteiger partial charge in [-0.3, -0.25) is 0 Å². The third-order valence-electron chi connectivity index (χ3n) is 1.80. The second kappa shape index (κ2) is 2.63. The lowest BCUT2D eigenvalue weighted by atomic mass is 9.93. The zero-order valence-electron chi connectivity index (χ0n) is 6.41. The van der Waals surface area contributed by atoms with Crippen molar-refractivity contribution in [2.45, 2.75) is 33.6 Å². The van der Waals surface area contributed by atoms with Gasteiger partial charge in [-0.25, -0.2) is 8.78 Å². The summed E-state index contributed by atoms with van der Waals surface area (Å²) in [7, 11) is 0. The van der Waals surface area contributed by atoms with E-state index < -0.39 is 11.8 Å². The van der Waals surface area contributed by atoms with Gasteiger partial charge in [-0.05, 0) is 12.8 Å². The quantitative estimate of drug-likeness (QED) is 0.547. The second-order valence-electron chi connectivity index (χ2n) is 2.99. The summed E-state index contributed by atoms with van der Waals surface area (Å²) in [6, 6.07) is 0. The Bertz CT molecular complexity index is 81.4. The molecule has 0 spiro atoms. The lowest BCUT2D eigenvalue weighted by molar-refractivity contribution is -0.0493. The minimum absolute atomic E-state index is 0.0602. The highest BCUT2D eigenvalue weighted by molar-refractivity contribution is 4.70. The Balaban J connectivity index is 3.88. The molecule has 0 bridgehead atoms. The SMILES string of the molecule is CC(C)[C@H](C)C(C)(F)F. The van der Waals surface area contributed by atoms with Crippen molar-refractivity contribution in [3.8, 4) is 0 Å². The van der Waals surface area contributed by atoms with Crippen molar-refractivity contribution in [3.05, 3.63) is 0 Å². The van der Waals surface area contributed by atoms with Crippen LogP contribution >= 0.6 is 0 Å². The molecule has 9 heavy (non-hydrogen) atoms. The lowest BCUT2D eigenvalue weighted by Crippen LogP contribution is -2.25. The zero-order valence-corrected chi connectivity index (χ0v) is 6.41. The molecule has 0 aliphatic carbocycles. The molecule has 0 aromatic heterocycles. The summed E-state index contributed by atoms with van der Waals surface area (Å²) in [5.41, 5.74) is 0. The molecule has 0 aromatic carbocycles. The first kappa shape index (κ1) is 8.86. The minimum Gasteiger partial charge on any atom is -0.207 e.